The van der Waals surface area contributed by atoms with E-state index in [-0.39, 0.29) is 4.90 Å². The van der Waals surface area contributed by atoms with Gasteiger partial charge in [0.2, 0.25) is 10.0 Å². The van der Waals surface area contributed by atoms with Gasteiger partial charge in [-0.15, -0.1) is 11.3 Å². The molecule has 13 heteroatoms. The molecule has 4 aromatic rings. The zero-order valence-electron chi connectivity index (χ0n) is 20.2. The molecular formula is C25H23ClN4O6S2. The van der Waals surface area contributed by atoms with Gasteiger partial charge < -0.3 is 14.8 Å². The van der Waals surface area contributed by atoms with Gasteiger partial charge in [-0.1, -0.05) is 23.7 Å². The average Bonchev–Trinajstić information content (AvgIpc) is 3.49. The Balaban J connectivity index is 1.21. The number of hydrogen-bond donors (Lipinski definition) is 1. The second-order valence-electron chi connectivity index (χ2n) is 8.44. The van der Waals surface area contributed by atoms with Gasteiger partial charge in [0.1, 0.15) is 9.71 Å². The van der Waals surface area contributed by atoms with E-state index in [2.05, 4.69) is 10.4 Å². The number of anilines is 1. The van der Waals surface area contributed by atoms with Gasteiger partial charge in [-0.05, 0) is 49.4 Å². The highest BCUT2D eigenvalue weighted by Gasteiger charge is 2.26. The number of fused-ring (bicyclic) bond motifs is 1. The number of morpholine rings is 1. The Morgan fingerprint density at radius 1 is 1.13 bits per heavy atom. The molecule has 0 saturated carbocycles. The summed E-state index contributed by atoms with van der Waals surface area (Å²) >= 11 is 7.52. The number of carbonyl (C=O) groups is 2. The number of thiophene rings is 1. The van der Waals surface area contributed by atoms with Crippen molar-refractivity contribution in [2.75, 3.05) is 38.2 Å². The van der Waals surface area contributed by atoms with Crippen LogP contribution in [0.15, 0.2) is 59.5 Å². The Morgan fingerprint density at radius 3 is 2.55 bits per heavy atom. The predicted molar refractivity (Wildman–Crippen MR) is 144 cm³/mol. The molecule has 0 unspecified atom stereocenters. The van der Waals surface area contributed by atoms with Crippen molar-refractivity contribution in [2.24, 2.45) is 0 Å². The summed E-state index contributed by atoms with van der Waals surface area (Å²) in [7, 11) is -3.63. The Hall–Kier alpha value is -3.29. The highest BCUT2D eigenvalue weighted by molar-refractivity contribution is 7.89. The summed E-state index contributed by atoms with van der Waals surface area (Å²) in [4.78, 5) is 26.2. The molecule has 38 heavy (non-hydrogen) atoms. The van der Waals surface area contributed by atoms with Gasteiger partial charge in [-0.3, -0.25) is 4.79 Å². The van der Waals surface area contributed by atoms with Crippen molar-refractivity contribution in [3.63, 3.8) is 0 Å². The lowest BCUT2D eigenvalue weighted by molar-refractivity contribution is -0.119. The zero-order chi connectivity index (χ0) is 26.9. The van der Waals surface area contributed by atoms with Crippen LogP contribution in [0.5, 0.6) is 0 Å². The molecule has 2 aromatic heterocycles. The van der Waals surface area contributed by atoms with E-state index >= 15 is 0 Å². The molecule has 0 spiro atoms. The number of sulfonamides is 1. The quantitative estimate of drug-likeness (QED) is 0.333. The molecule has 0 bridgehead atoms. The van der Waals surface area contributed by atoms with Crippen LogP contribution in [-0.4, -0.2) is 67.3 Å². The van der Waals surface area contributed by atoms with E-state index in [0.717, 1.165) is 15.9 Å². The number of benzene rings is 2. The number of nitrogens with zero attached hydrogens (tertiary/aromatic N) is 3. The van der Waals surface area contributed by atoms with Crippen LogP contribution in [-0.2, 0) is 24.3 Å². The van der Waals surface area contributed by atoms with Crippen LogP contribution in [0.1, 0.15) is 15.4 Å². The maximum Gasteiger partial charge on any atom is 0.348 e. The summed E-state index contributed by atoms with van der Waals surface area (Å²) in [5.41, 5.74) is 1.80. The number of ether oxygens (including phenoxy) is 2. The third-order valence-corrected chi connectivity index (χ3v) is 9.23. The van der Waals surface area contributed by atoms with Gasteiger partial charge >= 0.3 is 5.97 Å². The Kier molecular flexibility index (Phi) is 7.50. The first kappa shape index (κ1) is 26.3. The van der Waals surface area contributed by atoms with E-state index in [9.17, 15) is 18.0 Å². The summed E-state index contributed by atoms with van der Waals surface area (Å²) in [6.45, 7) is 2.63. The van der Waals surface area contributed by atoms with Crippen molar-refractivity contribution in [1.29, 1.82) is 0 Å². The fourth-order valence-electron chi connectivity index (χ4n) is 3.98. The van der Waals surface area contributed by atoms with Crippen molar-refractivity contribution in [3.05, 3.63) is 70.2 Å². The van der Waals surface area contributed by atoms with Gasteiger partial charge in [0.15, 0.2) is 6.61 Å². The minimum Gasteiger partial charge on any atom is -0.451 e. The fraction of sp³-hybridized carbons (Fsp3) is 0.240. The summed E-state index contributed by atoms with van der Waals surface area (Å²) in [6.07, 6.45) is 0. The normalized spacial score (nSPS) is 14.5. The molecule has 1 aliphatic rings. The summed E-state index contributed by atoms with van der Waals surface area (Å²) in [6, 6.07) is 14.8. The van der Waals surface area contributed by atoms with Gasteiger partial charge in [-0.2, -0.15) is 9.40 Å². The second-order valence-corrected chi connectivity index (χ2v) is 11.8. The zero-order valence-corrected chi connectivity index (χ0v) is 22.6. The minimum atomic E-state index is -3.63. The fourth-order valence-corrected chi connectivity index (χ4v) is 6.67. The first-order valence-electron chi connectivity index (χ1n) is 11.6. The topological polar surface area (TPSA) is 120 Å². The van der Waals surface area contributed by atoms with Crippen LogP contribution < -0.4 is 5.32 Å². The first-order valence-corrected chi connectivity index (χ1v) is 14.3. The number of para-hydroxylation sites is 1. The maximum absolute atomic E-state index is 12.7. The molecule has 1 amide bonds. The Morgan fingerprint density at radius 2 is 1.84 bits per heavy atom. The maximum atomic E-state index is 12.7. The van der Waals surface area contributed by atoms with Crippen molar-refractivity contribution in [1.82, 2.24) is 14.1 Å². The third-order valence-electron chi connectivity index (χ3n) is 5.91. The van der Waals surface area contributed by atoms with E-state index in [1.165, 1.54) is 39.9 Å². The van der Waals surface area contributed by atoms with Crippen LogP contribution in [0.4, 0.5) is 5.69 Å². The van der Waals surface area contributed by atoms with E-state index < -0.39 is 28.5 Å². The summed E-state index contributed by atoms with van der Waals surface area (Å²) in [5, 5.41) is 8.45. The summed E-state index contributed by atoms with van der Waals surface area (Å²) in [5.74, 6) is -1.19. The number of hydrogen-bond acceptors (Lipinski definition) is 8. The molecule has 1 fully saturated rings. The number of esters is 1. The lowest BCUT2D eigenvalue weighted by Crippen LogP contribution is -2.40. The molecule has 198 valence electrons. The third kappa shape index (κ3) is 5.31. The van der Waals surface area contributed by atoms with E-state index in [1.54, 1.807) is 16.8 Å². The molecule has 1 N–H and O–H groups in total. The number of amides is 1. The molecule has 0 radical (unpaired) electrons. The Bertz CT molecular complexity index is 1610. The number of aromatic nitrogens is 2. The van der Waals surface area contributed by atoms with Crippen LogP contribution in [0.3, 0.4) is 0 Å². The van der Waals surface area contributed by atoms with Gasteiger partial charge in [-0.25, -0.2) is 17.9 Å². The summed E-state index contributed by atoms with van der Waals surface area (Å²) < 4.78 is 38.9. The van der Waals surface area contributed by atoms with E-state index in [4.69, 9.17) is 21.1 Å². The van der Waals surface area contributed by atoms with Crippen LogP contribution in [0.25, 0.3) is 15.9 Å². The second kappa shape index (κ2) is 10.8. The van der Waals surface area contributed by atoms with Crippen LogP contribution in [0.2, 0.25) is 5.02 Å². The molecule has 1 aliphatic heterocycles. The molecule has 10 nitrogen and oxygen atoms in total. The van der Waals surface area contributed by atoms with E-state index in [1.807, 2.05) is 25.1 Å². The molecule has 5 rings (SSSR count). The number of halogens is 1. The van der Waals surface area contributed by atoms with Crippen molar-refractivity contribution in [3.8, 4) is 5.69 Å². The van der Waals surface area contributed by atoms with Gasteiger partial charge in [0.25, 0.3) is 5.91 Å². The molecule has 3 heterocycles. The number of aryl methyl sites for hydroxylation is 1. The van der Waals surface area contributed by atoms with Crippen LogP contribution in [0, 0.1) is 6.92 Å². The molecule has 1 saturated heterocycles. The number of nitrogens with one attached hydrogen (secondary N) is 1. The molecule has 2 aromatic carbocycles. The lowest BCUT2D eigenvalue weighted by Gasteiger charge is -2.26. The monoisotopic (exact) mass is 574 g/mol. The molecule has 0 aliphatic carbocycles. The number of rotatable bonds is 7. The smallest absolute Gasteiger partial charge is 0.348 e. The van der Waals surface area contributed by atoms with Crippen molar-refractivity contribution in [2.45, 2.75) is 11.8 Å². The lowest BCUT2D eigenvalue weighted by atomic mass is 10.3. The SMILES string of the molecule is Cc1nn(-c2ccccc2Cl)c2sc(C(=O)OCC(=O)Nc3ccc(S(=O)(=O)N4CCOCC4)cc3)cc12. The number of carbonyl (C=O) groups excluding carboxylic acids is 2. The molecule has 0 atom stereocenters. The minimum absolute atomic E-state index is 0.124. The van der Waals surface area contributed by atoms with Gasteiger partial charge in [0.05, 0.1) is 34.5 Å². The average molecular weight is 575 g/mol. The highest BCUT2D eigenvalue weighted by Crippen LogP contribution is 2.32. The molecular weight excluding hydrogens is 552 g/mol. The first-order chi connectivity index (χ1) is 18.2. The van der Waals surface area contributed by atoms with Crippen molar-refractivity contribution < 1.29 is 27.5 Å². The van der Waals surface area contributed by atoms with E-state index in [0.29, 0.717) is 47.6 Å². The largest absolute Gasteiger partial charge is 0.451 e. The standard InChI is InChI=1S/C25H23ClN4O6S2/c1-16-19-14-22(37-24(19)30(28-16)21-5-3-2-4-20(21)26)25(32)36-15-23(31)27-17-6-8-18(9-7-17)38(33,34)29-10-12-35-13-11-29/h2-9,14H,10-13,15H2,1H3,(H,27,31). The van der Waals surface area contributed by atoms with Crippen molar-refractivity contribution >= 4 is 60.7 Å². The predicted octanol–water partition coefficient (Wildman–Crippen LogP) is 3.87. The van der Waals surface area contributed by atoms with Gasteiger partial charge in [0, 0.05) is 24.2 Å². The van der Waals surface area contributed by atoms with Crippen LogP contribution >= 0.6 is 22.9 Å². The highest BCUT2D eigenvalue weighted by atomic mass is 35.5. The Labute approximate surface area is 227 Å².